The third-order valence-corrected chi connectivity index (χ3v) is 9.01. The molecule has 0 aliphatic carbocycles. The van der Waals surface area contributed by atoms with Crippen molar-refractivity contribution in [2.75, 3.05) is 0 Å². The number of fused-ring (bicyclic) bond motifs is 19. The van der Waals surface area contributed by atoms with Crippen LogP contribution in [0.25, 0.3) is 99.8 Å². The summed E-state index contributed by atoms with van der Waals surface area (Å²) in [6.45, 7) is 0. The van der Waals surface area contributed by atoms with Crippen LogP contribution in [-0.4, -0.2) is 19.9 Å². The average Bonchev–Trinajstić information content (AvgIpc) is 3.86. The fourth-order valence-corrected chi connectivity index (χ4v) is 7.03. The molecular weight excluding hydrogens is 536 g/mol. The molecule has 2 aliphatic heterocycles. The molecule has 4 nitrogen and oxygen atoms in total. The van der Waals surface area contributed by atoms with Crippen LogP contribution in [0.15, 0.2) is 121 Å². The van der Waals surface area contributed by atoms with Gasteiger partial charge in [0.15, 0.2) is 0 Å². The summed E-state index contributed by atoms with van der Waals surface area (Å²) in [5.41, 5.74) is 10.1. The van der Waals surface area contributed by atoms with Gasteiger partial charge in [-0.15, -0.1) is 0 Å². The zero-order chi connectivity index (χ0) is 28.8. The van der Waals surface area contributed by atoms with Crippen molar-refractivity contribution < 1.29 is 0 Å². The summed E-state index contributed by atoms with van der Waals surface area (Å²) in [7, 11) is 0. The number of benzene rings is 5. The minimum atomic E-state index is 0.923. The van der Waals surface area contributed by atoms with Gasteiger partial charge in [-0.2, -0.15) is 0 Å². The van der Waals surface area contributed by atoms with Crippen LogP contribution in [0.3, 0.4) is 0 Å². The van der Waals surface area contributed by atoms with Gasteiger partial charge in [0.1, 0.15) is 0 Å². The highest BCUT2D eigenvalue weighted by Gasteiger charge is 2.21. The molecule has 0 unspecified atom stereocenters. The van der Waals surface area contributed by atoms with E-state index in [2.05, 4.69) is 131 Å². The highest BCUT2D eigenvalue weighted by molar-refractivity contribution is 6.25. The summed E-state index contributed by atoms with van der Waals surface area (Å²) in [6, 6.07) is 43.6. The maximum atomic E-state index is 5.27. The van der Waals surface area contributed by atoms with Gasteiger partial charge in [0.05, 0.1) is 22.8 Å². The van der Waals surface area contributed by atoms with Gasteiger partial charge in [-0.3, -0.25) is 0 Å². The Morgan fingerprint density at radius 2 is 0.977 bits per heavy atom. The van der Waals surface area contributed by atoms with Gasteiger partial charge in [-0.25, -0.2) is 9.97 Å². The lowest BCUT2D eigenvalue weighted by Gasteiger charge is -2.13. The zero-order valence-corrected chi connectivity index (χ0v) is 23.6. The highest BCUT2D eigenvalue weighted by Crippen LogP contribution is 2.45. The van der Waals surface area contributed by atoms with E-state index in [1.807, 2.05) is 12.2 Å². The Bertz CT molecular complexity index is 2720. The number of nitrogens with zero attached hydrogens (tertiary/aromatic N) is 2. The van der Waals surface area contributed by atoms with Gasteiger partial charge < -0.3 is 9.97 Å². The molecular formula is C40H24N4. The first-order valence-electron chi connectivity index (χ1n) is 14.9. The predicted molar refractivity (Wildman–Crippen MR) is 184 cm³/mol. The Kier molecular flexibility index (Phi) is 4.69. The second-order valence-corrected chi connectivity index (χ2v) is 11.7. The van der Waals surface area contributed by atoms with Crippen LogP contribution >= 0.6 is 0 Å². The molecule has 5 heterocycles. The SMILES string of the molecule is C1=Cc2cc3ccc(cc4nc(cc5ccc(cc1n2)[nH]5)-c1ccc2ccc5c6ccc7ccccc7c6ccc5c2c1-4)[nH]3. The van der Waals surface area contributed by atoms with Crippen molar-refractivity contribution in [1.82, 2.24) is 19.9 Å². The van der Waals surface area contributed by atoms with Gasteiger partial charge in [0.25, 0.3) is 0 Å². The Labute approximate surface area is 252 Å². The number of nitrogens with one attached hydrogen (secondary N) is 2. The summed E-state index contributed by atoms with van der Waals surface area (Å²) in [6.07, 6.45) is 4.09. The summed E-state index contributed by atoms with van der Waals surface area (Å²) < 4.78 is 0. The first-order chi connectivity index (χ1) is 21.7. The average molecular weight is 561 g/mol. The van der Waals surface area contributed by atoms with Crippen molar-refractivity contribution in [2.45, 2.75) is 0 Å². The van der Waals surface area contributed by atoms with Gasteiger partial charge in [-0.1, -0.05) is 72.8 Å². The Morgan fingerprint density at radius 1 is 0.409 bits per heavy atom. The van der Waals surface area contributed by atoms with Crippen LogP contribution in [0.4, 0.5) is 0 Å². The van der Waals surface area contributed by atoms with Crippen molar-refractivity contribution in [2.24, 2.45) is 0 Å². The summed E-state index contributed by atoms with van der Waals surface area (Å²) in [4.78, 5) is 17.2. The van der Waals surface area contributed by atoms with Crippen LogP contribution in [-0.2, 0) is 0 Å². The largest absolute Gasteiger partial charge is 0.355 e. The van der Waals surface area contributed by atoms with E-state index in [0.29, 0.717) is 0 Å². The molecule has 44 heavy (non-hydrogen) atoms. The molecule has 4 heteroatoms. The Balaban J connectivity index is 1.32. The smallest absolute Gasteiger partial charge is 0.0743 e. The van der Waals surface area contributed by atoms with Crippen LogP contribution in [0, 0.1) is 0 Å². The molecule has 0 saturated heterocycles. The maximum absolute atomic E-state index is 5.27. The third kappa shape index (κ3) is 3.52. The van der Waals surface area contributed by atoms with Crippen molar-refractivity contribution in [1.29, 1.82) is 0 Å². The van der Waals surface area contributed by atoms with E-state index in [0.717, 1.165) is 50.4 Å². The fraction of sp³-hybridized carbons (Fsp3) is 0. The van der Waals surface area contributed by atoms with Crippen molar-refractivity contribution in [3.63, 3.8) is 0 Å². The molecule has 0 radical (unpaired) electrons. The lowest BCUT2D eigenvalue weighted by atomic mass is 9.90. The van der Waals surface area contributed by atoms with Crippen molar-refractivity contribution >= 4 is 77.3 Å². The summed E-state index contributed by atoms with van der Waals surface area (Å²) in [5, 5.41) is 10.0. The minimum absolute atomic E-state index is 0.923. The topological polar surface area (TPSA) is 57.4 Å². The number of aromatic amines is 2. The molecule has 0 spiro atoms. The standard InChI is InChI=1S/C40H24N4/c1-2-4-31-23(3-1)5-14-33-32(31)17-18-35-34(33)15-6-24-7-16-36-37-21-29-12-10-27(42-29)19-25-8-9-26(41-25)20-28-11-13-30(43-28)22-38(44-37)40(36)39(24)35/h1-22,42-43H. The Morgan fingerprint density at radius 3 is 1.75 bits per heavy atom. The quantitative estimate of drug-likeness (QED) is 0.181. The van der Waals surface area contributed by atoms with Gasteiger partial charge in [0, 0.05) is 33.2 Å². The Hall–Kier alpha value is -6.00. The minimum Gasteiger partial charge on any atom is -0.355 e. The van der Waals surface area contributed by atoms with E-state index in [4.69, 9.17) is 9.97 Å². The van der Waals surface area contributed by atoms with Crippen molar-refractivity contribution in [3.05, 3.63) is 133 Å². The highest BCUT2D eigenvalue weighted by atomic mass is 14.8. The molecule has 5 aromatic carbocycles. The van der Waals surface area contributed by atoms with E-state index in [9.17, 15) is 0 Å². The summed E-state index contributed by atoms with van der Waals surface area (Å²) >= 11 is 0. The second-order valence-electron chi connectivity index (χ2n) is 11.7. The van der Waals surface area contributed by atoms with Crippen LogP contribution in [0.5, 0.6) is 0 Å². The molecule has 204 valence electrons. The predicted octanol–water partition coefficient (Wildman–Crippen LogP) is 10.4. The van der Waals surface area contributed by atoms with E-state index in [1.54, 1.807) is 0 Å². The number of hydrogen-bond acceptors (Lipinski definition) is 2. The lowest BCUT2D eigenvalue weighted by molar-refractivity contribution is 1.32. The molecule has 0 fully saturated rings. The van der Waals surface area contributed by atoms with Crippen LogP contribution in [0.2, 0.25) is 0 Å². The first-order valence-corrected chi connectivity index (χ1v) is 14.9. The van der Waals surface area contributed by atoms with Crippen LogP contribution < -0.4 is 0 Å². The molecule has 0 atom stereocenters. The molecule has 2 aliphatic rings. The fourth-order valence-electron chi connectivity index (χ4n) is 7.03. The van der Waals surface area contributed by atoms with Crippen molar-refractivity contribution in [3.8, 4) is 22.5 Å². The normalized spacial score (nSPS) is 12.5. The molecule has 8 aromatic rings. The zero-order valence-electron chi connectivity index (χ0n) is 23.6. The monoisotopic (exact) mass is 560 g/mol. The molecule has 0 amide bonds. The van der Waals surface area contributed by atoms with E-state index in [1.165, 1.54) is 48.7 Å². The van der Waals surface area contributed by atoms with Gasteiger partial charge >= 0.3 is 0 Å². The number of H-pyrrole nitrogens is 2. The molecule has 2 N–H and O–H groups in total. The summed E-state index contributed by atoms with van der Waals surface area (Å²) in [5.74, 6) is 0. The molecule has 8 bridgehead atoms. The first kappa shape index (κ1) is 23.6. The maximum Gasteiger partial charge on any atom is 0.0743 e. The van der Waals surface area contributed by atoms with Gasteiger partial charge in [0.2, 0.25) is 0 Å². The van der Waals surface area contributed by atoms with E-state index >= 15 is 0 Å². The second kappa shape index (κ2) is 8.76. The molecule has 10 rings (SSSR count). The molecule has 0 saturated carbocycles. The third-order valence-electron chi connectivity index (χ3n) is 9.01. The number of hydrogen-bond donors (Lipinski definition) is 2. The number of aromatic nitrogens is 4. The molecule has 3 aromatic heterocycles. The number of rotatable bonds is 0. The van der Waals surface area contributed by atoms with E-state index in [-0.39, 0.29) is 0 Å². The van der Waals surface area contributed by atoms with Gasteiger partial charge in [-0.05, 0) is 104 Å². The van der Waals surface area contributed by atoms with E-state index < -0.39 is 0 Å². The van der Waals surface area contributed by atoms with Crippen LogP contribution in [0.1, 0.15) is 11.4 Å². The lowest BCUT2D eigenvalue weighted by Crippen LogP contribution is -1.86.